The van der Waals surface area contributed by atoms with Crippen LogP contribution < -0.4 is 0 Å². The van der Waals surface area contributed by atoms with Gasteiger partial charge in [0.25, 0.3) is 5.89 Å². The van der Waals surface area contributed by atoms with Crippen molar-refractivity contribution in [3.63, 3.8) is 0 Å². The number of piperidine rings is 1. The minimum absolute atomic E-state index is 0.0410. The van der Waals surface area contributed by atoms with Crippen LogP contribution >= 0.6 is 0 Å². The highest BCUT2D eigenvalue weighted by Crippen LogP contribution is 2.23. The Bertz CT molecular complexity index is 693. The highest BCUT2D eigenvalue weighted by atomic mass is 16.5. The maximum absolute atomic E-state index is 12.7. The zero-order valence-corrected chi connectivity index (χ0v) is 14.1. The summed E-state index contributed by atoms with van der Waals surface area (Å²) in [4.78, 5) is 16.8. The van der Waals surface area contributed by atoms with Gasteiger partial charge in [-0.2, -0.15) is 0 Å². The molecule has 2 aliphatic rings. The highest BCUT2D eigenvalue weighted by Gasteiger charge is 2.30. The molecule has 0 radical (unpaired) electrons. The largest absolute Gasteiger partial charge is 0.459 e. The summed E-state index contributed by atoms with van der Waals surface area (Å²) in [6.07, 6.45) is 3.51. The molecule has 2 aromatic heterocycles. The highest BCUT2D eigenvalue weighted by molar-refractivity contribution is 5.79. The van der Waals surface area contributed by atoms with Crippen molar-refractivity contribution in [3.05, 3.63) is 24.3 Å². The Morgan fingerprint density at radius 2 is 2.12 bits per heavy atom. The monoisotopic (exact) mass is 346 g/mol. The number of rotatable bonds is 4. The first-order valence-corrected chi connectivity index (χ1v) is 8.75. The van der Waals surface area contributed by atoms with Crippen molar-refractivity contribution in [2.45, 2.75) is 19.4 Å². The zero-order valence-electron chi connectivity index (χ0n) is 14.1. The summed E-state index contributed by atoms with van der Waals surface area (Å²) in [5.74, 6) is 1.79. The Kier molecular flexibility index (Phi) is 4.80. The Labute approximate surface area is 145 Å². The number of hydrogen-bond acceptors (Lipinski definition) is 7. The van der Waals surface area contributed by atoms with E-state index in [4.69, 9.17) is 13.6 Å². The molecule has 8 heteroatoms. The molecule has 0 aliphatic carbocycles. The third-order valence-electron chi connectivity index (χ3n) is 4.74. The maximum Gasteiger partial charge on any atom is 0.283 e. The SMILES string of the molecule is O=C(C1CCCN(Cc2nnc(-c3ccco3)o2)C1)N1CCOCC1. The van der Waals surface area contributed by atoms with Gasteiger partial charge in [0, 0.05) is 19.6 Å². The van der Waals surface area contributed by atoms with E-state index >= 15 is 0 Å². The fraction of sp³-hybridized carbons (Fsp3) is 0.588. The molecule has 0 bridgehead atoms. The molecule has 2 aliphatic heterocycles. The van der Waals surface area contributed by atoms with Crippen LogP contribution in [0.2, 0.25) is 0 Å². The van der Waals surface area contributed by atoms with E-state index in [2.05, 4.69) is 15.1 Å². The number of carbonyl (C=O) groups is 1. The molecule has 0 saturated carbocycles. The average molecular weight is 346 g/mol. The van der Waals surface area contributed by atoms with Gasteiger partial charge in [0.15, 0.2) is 5.76 Å². The standard InChI is InChI=1S/C17H22N4O4/c22-17(21-6-9-23-10-7-21)13-3-1-5-20(11-13)12-15-18-19-16(25-15)14-4-2-8-24-14/h2,4,8,13H,1,3,5-7,9-12H2. The molecule has 2 fully saturated rings. The fourth-order valence-corrected chi connectivity index (χ4v) is 3.45. The summed E-state index contributed by atoms with van der Waals surface area (Å²) in [5, 5.41) is 8.12. The van der Waals surface area contributed by atoms with Gasteiger partial charge in [-0.15, -0.1) is 10.2 Å². The Morgan fingerprint density at radius 1 is 1.24 bits per heavy atom. The molecule has 1 atom stereocenters. The maximum atomic E-state index is 12.7. The number of likely N-dealkylation sites (tertiary alicyclic amines) is 1. The first-order valence-electron chi connectivity index (χ1n) is 8.75. The van der Waals surface area contributed by atoms with Crippen LogP contribution in [-0.4, -0.2) is 65.3 Å². The number of amides is 1. The number of aromatic nitrogens is 2. The molecule has 25 heavy (non-hydrogen) atoms. The predicted octanol–water partition coefficient (Wildman–Crippen LogP) is 1.40. The van der Waals surface area contributed by atoms with E-state index in [9.17, 15) is 4.79 Å². The van der Waals surface area contributed by atoms with E-state index in [0.29, 0.717) is 50.4 Å². The van der Waals surface area contributed by atoms with Crippen molar-refractivity contribution in [1.29, 1.82) is 0 Å². The average Bonchev–Trinajstić information content (AvgIpc) is 3.34. The summed E-state index contributed by atoms with van der Waals surface area (Å²) in [6.45, 7) is 4.90. The first-order chi connectivity index (χ1) is 12.3. The molecule has 8 nitrogen and oxygen atoms in total. The summed E-state index contributed by atoms with van der Waals surface area (Å²) < 4.78 is 16.3. The van der Waals surface area contributed by atoms with E-state index in [0.717, 1.165) is 25.9 Å². The molecule has 1 amide bonds. The molecule has 0 spiro atoms. The molecule has 1 unspecified atom stereocenters. The van der Waals surface area contributed by atoms with E-state index in [1.807, 2.05) is 4.90 Å². The van der Waals surface area contributed by atoms with Gasteiger partial charge in [-0.25, -0.2) is 0 Å². The van der Waals surface area contributed by atoms with Gasteiger partial charge in [-0.05, 0) is 31.5 Å². The third-order valence-corrected chi connectivity index (χ3v) is 4.74. The summed E-state index contributed by atoms with van der Waals surface area (Å²) in [5.41, 5.74) is 0. The van der Waals surface area contributed by atoms with Crippen LogP contribution in [0.5, 0.6) is 0 Å². The number of hydrogen-bond donors (Lipinski definition) is 0. The normalized spacial score (nSPS) is 22.2. The minimum atomic E-state index is 0.0410. The number of ether oxygens (including phenoxy) is 1. The van der Waals surface area contributed by atoms with Crippen LogP contribution in [0.25, 0.3) is 11.7 Å². The lowest BCUT2D eigenvalue weighted by molar-refractivity contribution is -0.141. The lowest BCUT2D eigenvalue weighted by Gasteiger charge is -2.35. The molecule has 0 aromatic carbocycles. The van der Waals surface area contributed by atoms with E-state index in [1.54, 1.807) is 18.4 Å². The fourth-order valence-electron chi connectivity index (χ4n) is 3.45. The van der Waals surface area contributed by atoms with Crippen molar-refractivity contribution < 1.29 is 18.4 Å². The van der Waals surface area contributed by atoms with Crippen LogP contribution in [0, 0.1) is 5.92 Å². The van der Waals surface area contributed by atoms with Gasteiger partial charge >= 0.3 is 0 Å². The number of carbonyl (C=O) groups excluding carboxylic acids is 1. The quantitative estimate of drug-likeness (QED) is 0.827. The van der Waals surface area contributed by atoms with Gasteiger partial charge < -0.3 is 18.5 Å². The second kappa shape index (κ2) is 7.37. The predicted molar refractivity (Wildman–Crippen MR) is 87.4 cm³/mol. The Balaban J connectivity index is 1.36. The lowest BCUT2D eigenvalue weighted by atomic mass is 9.96. The topological polar surface area (TPSA) is 84.8 Å². The van der Waals surface area contributed by atoms with Gasteiger partial charge in [-0.1, -0.05) is 0 Å². The first kappa shape index (κ1) is 16.3. The van der Waals surface area contributed by atoms with Crippen LogP contribution in [0.3, 0.4) is 0 Å². The van der Waals surface area contributed by atoms with Gasteiger partial charge in [0.2, 0.25) is 11.8 Å². The van der Waals surface area contributed by atoms with E-state index in [1.165, 1.54) is 0 Å². The third kappa shape index (κ3) is 3.74. The van der Waals surface area contributed by atoms with Gasteiger partial charge in [0.05, 0.1) is 31.9 Å². The van der Waals surface area contributed by atoms with Crippen molar-refractivity contribution in [3.8, 4) is 11.7 Å². The van der Waals surface area contributed by atoms with Crippen LogP contribution in [-0.2, 0) is 16.1 Å². The summed E-state index contributed by atoms with van der Waals surface area (Å²) in [6, 6.07) is 3.57. The lowest BCUT2D eigenvalue weighted by Crippen LogP contribution is -2.48. The van der Waals surface area contributed by atoms with Crippen LogP contribution in [0.1, 0.15) is 18.7 Å². The van der Waals surface area contributed by atoms with Gasteiger partial charge in [-0.3, -0.25) is 9.69 Å². The molecule has 4 heterocycles. The molecule has 2 saturated heterocycles. The Hall–Kier alpha value is -2.19. The Morgan fingerprint density at radius 3 is 2.92 bits per heavy atom. The summed E-state index contributed by atoms with van der Waals surface area (Å²) >= 11 is 0. The number of nitrogens with zero attached hydrogens (tertiary/aromatic N) is 4. The second-order valence-electron chi connectivity index (χ2n) is 6.49. The molecule has 4 rings (SSSR count). The van der Waals surface area contributed by atoms with Crippen molar-refractivity contribution in [2.75, 3.05) is 39.4 Å². The number of furan rings is 1. The molecular weight excluding hydrogens is 324 g/mol. The van der Waals surface area contributed by atoms with Crippen molar-refractivity contribution in [1.82, 2.24) is 20.0 Å². The van der Waals surface area contributed by atoms with Crippen molar-refractivity contribution in [2.24, 2.45) is 5.92 Å². The van der Waals surface area contributed by atoms with Crippen LogP contribution in [0.4, 0.5) is 0 Å². The van der Waals surface area contributed by atoms with Gasteiger partial charge in [0.1, 0.15) is 0 Å². The second-order valence-corrected chi connectivity index (χ2v) is 6.49. The minimum Gasteiger partial charge on any atom is -0.459 e. The smallest absolute Gasteiger partial charge is 0.283 e. The summed E-state index contributed by atoms with van der Waals surface area (Å²) in [7, 11) is 0. The molecule has 2 aromatic rings. The zero-order chi connectivity index (χ0) is 17.1. The van der Waals surface area contributed by atoms with Crippen LogP contribution in [0.15, 0.2) is 27.2 Å². The molecule has 134 valence electrons. The molecule has 0 N–H and O–H groups in total. The van der Waals surface area contributed by atoms with Crippen molar-refractivity contribution >= 4 is 5.91 Å². The number of morpholine rings is 1. The molecular formula is C17H22N4O4. The van der Waals surface area contributed by atoms with E-state index in [-0.39, 0.29) is 11.8 Å². The van der Waals surface area contributed by atoms with E-state index < -0.39 is 0 Å².